The highest BCUT2D eigenvalue weighted by Gasteiger charge is 2.14. The van der Waals surface area contributed by atoms with E-state index >= 15 is 0 Å². The minimum Gasteiger partial charge on any atom is -0.352 e. The van der Waals surface area contributed by atoms with Gasteiger partial charge >= 0.3 is 0 Å². The first-order chi connectivity index (χ1) is 16.5. The summed E-state index contributed by atoms with van der Waals surface area (Å²) in [6, 6.07) is 25.0. The van der Waals surface area contributed by atoms with Crippen LogP contribution in [-0.4, -0.2) is 22.9 Å². The maximum Gasteiger partial charge on any atom is 0.267 e. The molecule has 4 aromatic rings. The number of halogens is 1. The average Bonchev–Trinajstić information content (AvgIpc) is 2.85. The van der Waals surface area contributed by atoms with E-state index in [4.69, 9.17) is 0 Å². The molecule has 0 atom stereocenters. The minimum atomic E-state index is -0.609. The monoisotopic (exact) mass is 455 g/mol. The van der Waals surface area contributed by atoms with Crippen LogP contribution < -0.4 is 16.2 Å². The van der Waals surface area contributed by atoms with E-state index in [1.165, 1.54) is 28.8 Å². The number of benzene rings is 3. The van der Waals surface area contributed by atoms with Crippen molar-refractivity contribution in [2.75, 3.05) is 11.9 Å². The second-order valence-electron chi connectivity index (χ2n) is 7.57. The third-order valence-corrected chi connectivity index (χ3v) is 5.26. The van der Waals surface area contributed by atoms with E-state index in [1.807, 2.05) is 30.3 Å². The predicted octanol–water partition coefficient (Wildman–Crippen LogP) is 4.20. The Balaban J connectivity index is 1.44. The molecule has 0 saturated heterocycles. The Kier molecular flexibility index (Phi) is 6.93. The molecule has 1 aromatic heterocycles. The molecule has 2 N–H and O–H groups in total. The van der Waals surface area contributed by atoms with Gasteiger partial charge in [-0.2, -0.15) is 0 Å². The second-order valence-corrected chi connectivity index (χ2v) is 7.57. The summed E-state index contributed by atoms with van der Waals surface area (Å²) < 4.78 is 15.2. The Labute approximate surface area is 195 Å². The van der Waals surface area contributed by atoms with Crippen LogP contribution in [0.15, 0.2) is 102 Å². The van der Waals surface area contributed by atoms with Crippen LogP contribution in [0, 0.1) is 5.82 Å². The van der Waals surface area contributed by atoms with Crippen molar-refractivity contribution in [1.82, 2.24) is 9.88 Å². The molecule has 0 aliphatic rings. The Morgan fingerprint density at radius 2 is 1.44 bits per heavy atom. The summed E-state index contributed by atoms with van der Waals surface area (Å²) >= 11 is 0. The minimum absolute atomic E-state index is 0.0347. The van der Waals surface area contributed by atoms with Gasteiger partial charge in [0.2, 0.25) is 0 Å². The van der Waals surface area contributed by atoms with Gasteiger partial charge in [-0.15, -0.1) is 0 Å². The molecule has 170 valence electrons. The van der Waals surface area contributed by atoms with Gasteiger partial charge in [0.15, 0.2) is 0 Å². The number of nitrogens with one attached hydrogen (secondary N) is 2. The van der Waals surface area contributed by atoms with Gasteiger partial charge in [0.05, 0.1) is 5.56 Å². The highest BCUT2D eigenvalue weighted by molar-refractivity contribution is 6.04. The van der Waals surface area contributed by atoms with Gasteiger partial charge in [0, 0.05) is 24.1 Å². The number of amides is 2. The molecule has 4 rings (SSSR count). The molecule has 6 nitrogen and oxygen atoms in total. The zero-order valence-corrected chi connectivity index (χ0v) is 18.2. The molecule has 0 unspecified atom stereocenters. The van der Waals surface area contributed by atoms with Crippen LogP contribution in [0.25, 0.3) is 5.69 Å². The maximum absolute atomic E-state index is 13.8. The van der Waals surface area contributed by atoms with Crippen LogP contribution in [0.5, 0.6) is 0 Å². The summed E-state index contributed by atoms with van der Waals surface area (Å²) in [5.74, 6) is -1.62. The zero-order chi connectivity index (χ0) is 23.9. The molecule has 1 heterocycles. The van der Waals surface area contributed by atoms with Crippen molar-refractivity contribution in [2.24, 2.45) is 0 Å². The summed E-state index contributed by atoms with van der Waals surface area (Å²) in [6.45, 7) is 0.410. The molecular weight excluding hydrogens is 433 g/mol. The molecule has 0 radical (unpaired) electrons. The number of hydrogen-bond acceptors (Lipinski definition) is 3. The Morgan fingerprint density at radius 1 is 0.765 bits per heavy atom. The van der Waals surface area contributed by atoms with Gasteiger partial charge in [-0.3, -0.25) is 19.0 Å². The van der Waals surface area contributed by atoms with E-state index in [0.717, 1.165) is 5.56 Å². The van der Waals surface area contributed by atoms with E-state index in [1.54, 1.807) is 42.6 Å². The molecule has 0 spiro atoms. The first-order valence-corrected chi connectivity index (χ1v) is 10.7. The summed E-state index contributed by atoms with van der Waals surface area (Å²) in [5.41, 5.74) is 1.58. The predicted molar refractivity (Wildman–Crippen MR) is 129 cm³/mol. The summed E-state index contributed by atoms with van der Waals surface area (Å²) in [7, 11) is 0. The average molecular weight is 455 g/mol. The van der Waals surface area contributed by atoms with Crippen molar-refractivity contribution in [1.29, 1.82) is 0 Å². The van der Waals surface area contributed by atoms with Crippen LogP contribution in [0.4, 0.5) is 10.1 Å². The SMILES string of the molecule is O=C(Nc1ccc(-n2cccc(C(=O)NCCc3ccccc3)c2=O)cc1)c1ccccc1F. The normalized spacial score (nSPS) is 10.5. The van der Waals surface area contributed by atoms with Gasteiger partial charge in [0.1, 0.15) is 11.4 Å². The van der Waals surface area contributed by atoms with Gasteiger partial charge in [-0.25, -0.2) is 4.39 Å². The number of hydrogen-bond donors (Lipinski definition) is 2. The molecule has 7 heteroatoms. The number of carbonyl (C=O) groups excluding carboxylic acids is 2. The molecule has 0 saturated carbocycles. The van der Waals surface area contributed by atoms with Gasteiger partial charge in [-0.05, 0) is 60.5 Å². The quantitative estimate of drug-likeness (QED) is 0.438. The van der Waals surface area contributed by atoms with Crippen molar-refractivity contribution in [3.63, 3.8) is 0 Å². The highest BCUT2D eigenvalue weighted by Crippen LogP contribution is 2.15. The van der Waals surface area contributed by atoms with Crippen LogP contribution in [0.3, 0.4) is 0 Å². The Bertz CT molecular complexity index is 1370. The molecule has 0 bridgehead atoms. The number of pyridine rings is 1. The van der Waals surface area contributed by atoms with Crippen molar-refractivity contribution in [2.45, 2.75) is 6.42 Å². The van der Waals surface area contributed by atoms with Crippen LogP contribution in [0.2, 0.25) is 0 Å². The van der Waals surface area contributed by atoms with Gasteiger partial charge < -0.3 is 10.6 Å². The molecule has 0 aliphatic heterocycles. The molecule has 3 aromatic carbocycles. The lowest BCUT2D eigenvalue weighted by Gasteiger charge is -2.10. The topological polar surface area (TPSA) is 80.2 Å². The smallest absolute Gasteiger partial charge is 0.267 e. The fourth-order valence-electron chi connectivity index (χ4n) is 3.48. The van der Waals surface area contributed by atoms with Crippen molar-refractivity contribution < 1.29 is 14.0 Å². The third-order valence-electron chi connectivity index (χ3n) is 5.26. The number of aromatic nitrogens is 1. The lowest BCUT2D eigenvalue weighted by atomic mass is 10.1. The first kappa shape index (κ1) is 22.7. The van der Waals surface area contributed by atoms with Crippen LogP contribution in [0.1, 0.15) is 26.3 Å². The lowest BCUT2D eigenvalue weighted by Crippen LogP contribution is -2.33. The number of anilines is 1. The van der Waals surface area contributed by atoms with E-state index < -0.39 is 23.2 Å². The van der Waals surface area contributed by atoms with E-state index in [-0.39, 0.29) is 11.1 Å². The maximum atomic E-state index is 13.8. The second kappa shape index (κ2) is 10.4. The Morgan fingerprint density at radius 3 is 2.18 bits per heavy atom. The number of nitrogens with zero attached hydrogens (tertiary/aromatic N) is 1. The van der Waals surface area contributed by atoms with Crippen molar-refractivity contribution in [3.8, 4) is 5.69 Å². The molecular formula is C27H22FN3O3. The molecule has 0 fully saturated rings. The van der Waals surface area contributed by atoms with Crippen LogP contribution in [-0.2, 0) is 6.42 Å². The standard InChI is InChI=1S/C27H22FN3O3/c28-24-11-5-4-9-22(24)26(33)30-20-12-14-21(15-13-20)31-18-6-10-23(27(31)34)25(32)29-17-16-19-7-2-1-3-8-19/h1-15,18H,16-17H2,(H,29,32)(H,30,33). The largest absolute Gasteiger partial charge is 0.352 e. The molecule has 0 aliphatic carbocycles. The summed E-state index contributed by atoms with van der Waals surface area (Å²) in [5, 5.41) is 5.42. The van der Waals surface area contributed by atoms with Gasteiger partial charge in [-0.1, -0.05) is 42.5 Å². The summed E-state index contributed by atoms with van der Waals surface area (Å²) in [6.07, 6.45) is 2.23. The van der Waals surface area contributed by atoms with Crippen molar-refractivity contribution in [3.05, 3.63) is 130 Å². The summed E-state index contributed by atoms with van der Waals surface area (Å²) in [4.78, 5) is 37.8. The number of carbonyl (C=O) groups is 2. The fraction of sp³-hybridized carbons (Fsp3) is 0.0741. The van der Waals surface area contributed by atoms with E-state index in [0.29, 0.717) is 24.3 Å². The van der Waals surface area contributed by atoms with E-state index in [9.17, 15) is 18.8 Å². The Hall–Kier alpha value is -4.52. The lowest BCUT2D eigenvalue weighted by molar-refractivity contribution is 0.0951. The van der Waals surface area contributed by atoms with Crippen molar-refractivity contribution >= 4 is 17.5 Å². The molecule has 2 amide bonds. The van der Waals surface area contributed by atoms with Gasteiger partial charge in [0.25, 0.3) is 17.4 Å². The number of rotatable bonds is 7. The fourth-order valence-corrected chi connectivity index (χ4v) is 3.48. The van der Waals surface area contributed by atoms with E-state index in [2.05, 4.69) is 10.6 Å². The van der Waals surface area contributed by atoms with Crippen LogP contribution >= 0.6 is 0 Å². The third kappa shape index (κ3) is 5.27. The first-order valence-electron chi connectivity index (χ1n) is 10.7. The zero-order valence-electron chi connectivity index (χ0n) is 18.2. The molecule has 34 heavy (non-hydrogen) atoms. The highest BCUT2D eigenvalue weighted by atomic mass is 19.1.